The van der Waals surface area contributed by atoms with Gasteiger partial charge in [0.15, 0.2) is 0 Å². The Morgan fingerprint density at radius 2 is 0.946 bits per heavy atom. The topological polar surface area (TPSA) is 61.8 Å². The highest BCUT2D eigenvalue weighted by Crippen LogP contribution is 2.52. The average molecular weight is 515 g/mol. The Morgan fingerprint density at radius 3 is 1.38 bits per heavy atom. The lowest BCUT2D eigenvalue weighted by atomic mass is 10.0. The standard InChI is InChI=1S/C31H31O5P/c32-31(34-22-27-15-7-2-8-16-27)30(21-26-13-5-1-6-14-26)25-37(33,35-23-28-17-9-3-10-18-28)36-24-29-19-11-4-12-20-29/h1-20,30H,21-25H2. The maximum atomic E-state index is 14.1. The Morgan fingerprint density at radius 1 is 0.568 bits per heavy atom. The first-order valence-corrected chi connectivity index (χ1v) is 14.0. The molecule has 0 amide bonds. The van der Waals surface area contributed by atoms with Gasteiger partial charge in [-0.15, -0.1) is 0 Å². The molecule has 4 rings (SSSR count). The summed E-state index contributed by atoms with van der Waals surface area (Å²) in [6, 6.07) is 38.1. The van der Waals surface area contributed by atoms with E-state index < -0.39 is 19.5 Å². The van der Waals surface area contributed by atoms with Crippen LogP contribution in [0, 0.1) is 5.92 Å². The first-order valence-electron chi connectivity index (χ1n) is 12.3. The van der Waals surface area contributed by atoms with E-state index in [4.69, 9.17) is 13.8 Å². The van der Waals surface area contributed by atoms with Gasteiger partial charge >= 0.3 is 13.6 Å². The zero-order valence-electron chi connectivity index (χ0n) is 20.6. The van der Waals surface area contributed by atoms with Crippen LogP contribution in [0.15, 0.2) is 121 Å². The molecule has 37 heavy (non-hydrogen) atoms. The van der Waals surface area contributed by atoms with Crippen molar-refractivity contribution >= 4 is 13.6 Å². The van der Waals surface area contributed by atoms with Gasteiger partial charge in [0.25, 0.3) is 0 Å². The van der Waals surface area contributed by atoms with Crippen molar-refractivity contribution < 1.29 is 23.1 Å². The van der Waals surface area contributed by atoms with Gasteiger partial charge in [-0.25, -0.2) is 0 Å². The molecule has 5 nitrogen and oxygen atoms in total. The van der Waals surface area contributed by atoms with Crippen molar-refractivity contribution in [2.24, 2.45) is 5.92 Å². The van der Waals surface area contributed by atoms with E-state index in [1.165, 1.54) is 0 Å². The van der Waals surface area contributed by atoms with Gasteiger partial charge in [0, 0.05) is 0 Å². The molecular weight excluding hydrogens is 483 g/mol. The van der Waals surface area contributed by atoms with Gasteiger partial charge in [-0.2, -0.15) is 0 Å². The number of ether oxygens (including phenoxy) is 1. The predicted molar refractivity (Wildman–Crippen MR) is 145 cm³/mol. The zero-order chi connectivity index (χ0) is 25.8. The van der Waals surface area contributed by atoms with E-state index in [9.17, 15) is 9.36 Å². The lowest BCUT2D eigenvalue weighted by Crippen LogP contribution is -2.24. The largest absolute Gasteiger partial charge is 0.461 e. The highest BCUT2D eigenvalue weighted by molar-refractivity contribution is 7.53. The minimum Gasteiger partial charge on any atom is -0.461 e. The third kappa shape index (κ3) is 8.83. The van der Waals surface area contributed by atoms with E-state index in [1.54, 1.807) is 0 Å². The van der Waals surface area contributed by atoms with Gasteiger partial charge in [0.2, 0.25) is 0 Å². The smallest absolute Gasteiger partial charge is 0.332 e. The van der Waals surface area contributed by atoms with Crippen LogP contribution in [0.25, 0.3) is 0 Å². The van der Waals surface area contributed by atoms with Gasteiger partial charge in [0.1, 0.15) is 6.61 Å². The molecule has 1 unspecified atom stereocenters. The van der Waals surface area contributed by atoms with Crippen LogP contribution in [0.4, 0.5) is 0 Å². The highest BCUT2D eigenvalue weighted by atomic mass is 31.2. The average Bonchev–Trinajstić information content (AvgIpc) is 2.96. The Bertz CT molecular complexity index is 1220. The third-order valence-electron chi connectivity index (χ3n) is 5.87. The second kappa shape index (κ2) is 13.7. The summed E-state index contributed by atoms with van der Waals surface area (Å²) in [5, 5.41) is 0. The molecule has 0 spiro atoms. The van der Waals surface area contributed by atoms with Crippen molar-refractivity contribution in [3.8, 4) is 0 Å². The molecule has 4 aromatic carbocycles. The Labute approximate surface area is 218 Å². The molecule has 190 valence electrons. The van der Waals surface area contributed by atoms with Crippen molar-refractivity contribution in [1.29, 1.82) is 0 Å². The number of rotatable bonds is 13. The summed E-state index contributed by atoms with van der Waals surface area (Å²) in [6.45, 7) is 0.374. The van der Waals surface area contributed by atoms with E-state index in [1.807, 2.05) is 121 Å². The molecule has 0 saturated heterocycles. The first-order chi connectivity index (χ1) is 18.1. The summed E-state index contributed by atoms with van der Waals surface area (Å²) in [4.78, 5) is 13.3. The van der Waals surface area contributed by atoms with Crippen LogP contribution < -0.4 is 0 Å². The summed E-state index contributed by atoms with van der Waals surface area (Å²) in [6.07, 6.45) is 0.275. The van der Waals surface area contributed by atoms with E-state index in [2.05, 4.69) is 0 Å². The van der Waals surface area contributed by atoms with Crippen molar-refractivity contribution in [3.05, 3.63) is 144 Å². The fraction of sp³-hybridized carbons (Fsp3) is 0.194. The minimum absolute atomic E-state index is 0.0881. The van der Waals surface area contributed by atoms with Gasteiger partial charge in [0.05, 0.1) is 25.3 Å². The van der Waals surface area contributed by atoms with Crippen LogP contribution in [0.3, 0.4) is 0 Å². The Kier molecular flexibility index (Phi) is 9.84. The summed E-state index contributed by atoms with van der Waals surface area (Å²) in [7, 11) is -3.69. The van der Waals surface area contributed by atoms with Crippen LogP contribution in [0.2, 0.25) is 0 Å². The number of carbonyl (C=O) groups is 1. The normalized spacial score (nSPS) is 12.1. The van der Waals surface area contributed by atoms with E-state index in [-0.39, 0.29) is 26.0 Å². The minimum atomic E-state index is -3.69. The SMILES string of the molecule is O=C(OCc1ccccc1)C(Cc1ccccc1)CP(=O)(OCc1ccccc1)OCc1ccccc1. The van der Waals surface area contributed by atoms with Gasteiger partial charge in [-0.05, 0) is 28.7 Å². The monoisotopic (exact) mass is 514 g/mol. The van der Waals surface area contributed by atoms with Crippen LogP contribution in [-0.2, 0) is 49.4 Å². The lowest BCUT2D eigenvalue weighted by Gasteiger charge is -2.23. The van der Waals surface area contributed by atoms with Gasteiger partial charge in [-0.1, -0.05) is 121 Å². The van der Waals surface area contributed by atoms with Crippen LogP contribution >= 0.6 is 7.60 Å². The molecular formula is C31H31O5P. The quantitative estimate of drug-likeness (QED) is 0.139. The molecule has 6 heteroatoms. The Hall–Kier alpha value is -3.50. The molecule has 1 atom stereocenters. The molecule has 0 heterocycles. The van der Waals surface area contributed by atoms with Crippen LogP contribution in [0.5, 0.6) is 0 Å². The van der Waals surface area contributed by atoms with Crippen LogP contribution in [0.1, 0.15) is 22.3 Å². The summed E-state index contributed by atoms with van der Waals surface area (Å²) < 4.78 is 31.6. The summed E-state index contributed by atoms with van der Waals surface area (Å²) >= 11 is 0. The van der Waals surface area contributed by atoms with E-state index >= 15 is 0 Å². The number of esters is 1. The number of hydrogen-bond acceptors (Lipinski definition) is 5. The molecule has 0 radical (unpaired) electrons. The first kappa shape index (κ1) is 26.6. The highest BCUT2D eigenvalue weighted by Gasteiger charge is 2.34. The van der Waals surface area contributed by atoms with Crippen molar-refractivity contribution in [2.75, 3.05) is 6.16 Å². The second-order valence-electron chi connectivity index (χ2n) is 8.79. The number of carbonyl (C=O) groups excluding carboxylic acids is 1. The van der Waals surface area contributed by atoms with E-state index in [0.29, 0.717) is 6.42 Å². The lowest BCUT2D eigenvalue weighted by molar-refractivity contribution is -0.149. The molecule has 0 fully saturated rings. The maximum Gasteiger partial charge on any atom is 0.332 e. The predicted octanol–water partition coefficient (Wildman–Crippen LogP) is 7.22. The molecule has 0 N–H and O–H groups in total. The van der Waals surface area contributed by atoms with Gasteiger partial charge < -0.3 is 13.8 Å². The number of hydrogen-bond donors (Lipinski definition) is 0. The van der Waals surface area contributed by atoms with Crippen molar-refractivity contribution in [2.45, 2.75) is 26.2 Å². The van der Waals surface area contributed by atoms with Crippen LogP contribution in [-0.4, -0.2) is 12.1 Å². The molecule has 0 aromatic heterocycles. The molecule has 0 saturated carbocycles. The number of benzene rings is 4. The van der Waals surface area contributed by atoms with Crippen molar-refractivity contribution in [3.63, 3.8) is 0 Å². The fourth-order valence-corrected chi connectivity index (χ4v) is 5.67. The maximum absolute atomic E-state index is 14.1. The molecule has 0 aliphatic rings. The zero-order valence-corrected chi connectivity index (χ0v) is 21.5. The Balaban J connectivity index is 1.53. The van der Waals surface area contributed by atoms with Crippen molar-refractivity contribution in [1.82, 2.24) is 0 Å². The molecule has 0 bridgehead atoms. The van der Waals surface area contributed by atoms with E-state index in [0.717, 1.165) is 22.3 Å². The molecule has 4 aromatic rings. The summed E-state index contributed by atoms with van der Waals surface area (Å²) in [5.41, 5.74) is 3.58. The second-order valence-corrected chi connectivity index (χ2v) is 10.9. The summed E-state index contributed by atoms with van der Waals surface area (Å²) in [5.74, 6) is -1.14. The van der Waals surface area contributed by atoms with Gasteiger partial charge in [-0.3, -0.25) is 9.36 Å². The fourth-order valence-electron chi connectivity index (χ4n) is 3.87. The third-order valence-corrected chi connectivity index (χ3v) is 7.80. The molecule has 0 aliphatic carbocycles. The molecule has 0 aliphatic heterocycles.